The Morgan fingerprint density at radius 1 is 1.10 bits per heavy atom. The lowest BCUT2D eigenvalue weighted by Crippen LogP contribution is -2.78. The van der Waals surface area contributed by atoms with E-state index >= 15 is 0 Å². The summed E-state index contributed by atoms with van der Waals surface area (Å²) < 4.78 is 32.5. The fourth-order valence-corrected chi connectivity index (χ4v) is 5.19. The van der Waals surface area contributed by atoms with Crippen LogP contribution in [0.1, 0.15) is 45.8 Å². The number of para-hydroxylation sites is 1. The normalized spacial score (nSPS) is 15.3. The van der Waals surface area contributed by atoms with Crippen LogP contribution in [-0.2, 0) is 9.59 Å². The van der Waals surface area contributed by atoms with Gasteiger partial charge < -0.3 is 20.1 Å². The molecule has 0 spiro atoms. The summed E-state index contributed by atoms with van der Waals surface area (Å²) in [6, 6.07) is 15.0. The van der Waals surface area contributed by atoms with Gasteiger partial charge in [-0.3, -0.25) is 30.8 Å². The van der Waals surface area contributed by atoms with Crippen LogP contribution in [-0.4, -0.2) is 70.8 Å². The van der Waals surface area contributed by atoms with E-state index in [4.69, 9.17) is 21.4 Å². The van der Waals surface area contributed by atoms with Crippen molar-refractivity contribution in [1.82, 2.24) is 15.2 Å². The van der Waals surface area contributed by atoms with Gasteiger partial charge in [0.15, 0.2) is 5.01 Å². The van der Waals surface area contributed by atoms with Gasteiger partial charge in [0.05, 0.1) is 22.8 Å². The van der Waals surface area contributed by atoms with Crippen molar-refractivity contribution >= 4 is 51.1 Å². The lowest BCUT2D eigenvalue weighted by molar-refractivity contribution is -0.459. The van der Waals surface area contributed by atoms with E-state index in [-0.39, 0.29) is 23.6 Å². The molecule has 15 heteroatoms. The third kappa shape index (κ3) is 8.73. The van der Waals surface area contributed by atoms with Crippen LogP contribution in [0.4, 0.5) is 13.2 Å². The van der Waals surface area contributed by atoms with E-state index in [2.05, 4.69) is 15.3 Å². The quantitative estimate of drug-likeness (QED) is 0.111. The molecule has 0 aliphatic carbocycles. The first-order valence-electron chi connectivity index (χ1n) is 12.8. The number of aromatic nitrogens is 1. The van der Waals surface area contributed by atoms with Crippen molar-refractivity contribution < 1.29 is 42.4 Å². The first-order chi connectivity index (χ1) is 19.9. The molecule has 0 saturated carbocycles. The van der Waals surface area contributed by atoms with Crippen molar-refractivity contribution in [2.24, 2.45) is 11.5 Å². The van der Waals surface area contributed by atoms with E-state index in [0.717, 1.165) is 16.6 Å². The van der Waals surface area contributed by atoms with Crippen LogP contribution in [0.2, 0.25) is 0 Å². The third-order valence-corrected chi connectivity index (χ3v) is 7.26. The summed E-state index contributed by atoms with van der Waals surface area (Å²) in [6.07, 6.45) is -2.99. The number of carbonyl (C=O) groups is 4. The van der Waals surface area contributed by atoms with Crippen molar-refractivity contribution in [1.29, 1.82) is 0 Å². The number of amides is 2. The molecule has 2 heterocycles. The summed E-state index contributed by atoms with van der Waals surface area (Å²) in [7, 11) is 0. The topological polar surface area (TPSA) is 186 Å². The van der Waals surface area contributed by atoms with Crippen LogP contribution < -0.4 is 26.9 Å². The maximum Gasteiger partial charge on any atom is 0.430 e. The van der Waals surface area contributed by atoms with Crippen LogP contribution in [0.5, 0.6) is 0 Å². The maximum absolute atomic E-state index is 13.4. The van der Waals surface area contributed by atoms with Gasteiger partial charge >= 0.3 is 12.1 Å². The number of hydrogen-bond donors (Lipinski definition) is 4. The summed E-state index contributed by atoms with van der Waals surface area (Å²) >= 11 is 1.30. The molecule has 224 valence electrons. The van der Waals surface area contributed by atoms with Crippen molar-refractivity contribution in [3.05, 3.63) is 65.2 Å². The number of carboxylic acid groups (broad SMARTS) is 1. The van der Waals surface area contributed by atoms with Gasteiger partial charge in [-0.15, -0.1) is 11.3 Å². The highest BCUT2D eigenvalue weighted by Crippen LogP contribution is 2.24. The predicted molar refractivity (Wildman–Crippen MR) is 146 cm³/mol. The monoisotopic (exact) mass is 606 g/mol. The van der Waals surface area contributed by atoms with Crippen LogP contribution >= 0.6 is 11.3 Å². The number of carbonyl (C=O) groups excluding carboxylic acids is 4. The zero-order chi connectivity index (χ0) is 30.9. The molecule has 0 bridgehead atoms. The standard InChI is InChI=1S/C25H28N6O3S.C2HF3O2/c26-25(27)28-14-6-11-18(21(32)23-30-17-10-4-5-13-20(17)35-23)29-22(33)19-12-7-15-31(19)24(34)16-8-2-1-3-9-16;3-2(4,5)1(6)7/h1-5,8-10,13,18-19H,6-7,11-12,14-15H2,(H,29,33)(H4,26,27,28);(H,6,7)/t18-,19-;/m0./s1. The summed E-state index contributed by atoms with van der Waals surface area (Å²) in [5.74, 6) is -3.67. The highest BCUT2D eigenvalue weighted by molar-refractivity contribution is 7.20. The summed E-state index contributed by atoms with van der Waals surface area (Å²) in [4.78, 5) is 57.4. The van der Waals surface area contributed by atoms with Gasteiger partial charge in [-0.1, -0.05) is 30.3 Å². The van der Waals surface area contributed by atoms with Crippen molar-refractivity contribution in [2.75, 3.05) is 13.1 Å². The molecule has 1 aliphatic heterocycles. The van der Waals surface area contributed by atoms with E-state index in [0.29, 0.717) is 42.9 Å². The Labute approximate surface area is 242 Å². The molecule has 1 aromatic heterocycles. The molecular weight excluding hydrogens is 577 g/mol. The molecule has 3 aromatic rings. The SMILES string of the molecule is NC(N)=[NH+]CCC[C@H](NC(=O)[C@@H]1CCCN1C(=O)c1ccccc1)C(=O)c1nc2ccccc2s1.O=C([O-])C(F)(F)F. The number of nitrogens with two attached hydrogens (primary N) is 2. The fraction of sp³-hybridized carbons (Fsp3) is 0.333. The number of halogens is 3. The average molecular weight is 607 g/mol. The molecule has 1 saturated heterocycles. The van der Waals surface area contributed by atoms with E-state index in [9.17, 15) is 27.6 Å². The molecule has 11 nitrogen and oxygen atoms in total. The van der Waals surface area contributed by atoms with Crippen molar-refractivity contribution in [2.45, 2.75) is 43.9 Å². The number of nitrogens with one attached hydrogen (secondary N) is 2. The predicted octanol–water partition coefficient (Wildman–Crippen LogP) is -0.299. The number of hydrogen-bond acceptors (Lipinski definition) is 7. The maximum atomic E-state index is 13.4. The number of carboxylic acids is 1. The Balaban J connectivity index is 0.000000616. The first-order valence-corrected chi connectivity index (χ1v) is 13.7. The van der Waals surface area contributed by atoms with Crippen LogP contribution in [0.25, 0.3) is 10.2 Å². The number of alkyl halides is 3. The fourth-order valence-electron chi connectivity index (χ4n) is 4.23. The van der Waals surface area contributed by atoms with Gasteiger partial charge in [0, 0.05) is 12.1 Å². The van der Waals surface area contributed by atoms with Gasteiger partial charge in [-0.25, -0.2) is 4.98 Å². The Morgan fingerprint density at radius 2 is 1.74 bits per heavy atom. The number of fused-ring (bicyclic) bond motifs is 1. The minimum Gasteiger partial charge on any atom is -0.542 e. The van der Waals surface area contributed by atoms with E-state index in [1.54, 1.807) is 29.2 Å². The van der Waals surface area contributed by atoms with Crippen molar-refractivity contribution in [3.63, 3.8) is 0 Å². The lowest BCUT2D eigenvalue weighted by Gasteiger charge is -2.26. The molecule has 0 radical (unpaired) electrons. The highest BCUT2D eigenvalue weighted by Gasteiger charge is 2.36. The molecule has 1 aliphatic rings. The number of ketones is 1. The number of aliphatic carboxylic acids is 1. The summed E-state index contributed by atoms with van der Waals surface area (Å²) in [5.41, 5.74) is 12.2. The zero-order valence-corrected chi connectivity index (χ0v) is 23.0. The number of nitrogens with zero attached hydrogens (tertiary/aromatic N) is 2. The van der Waals surface area contributed by atoms with Gasteiger partial charge in [-0.2, -0.15) is 13.2 Å². The number of guanidine groups is 1. The van der Waals surface area contributed by atoms with Crippen LogP contribution in [0.15, 0.2) is 54.6 Å². The first kappa shape index (κ1) is 32.0. The molecule has 1 fully saturated rings. The van der Waals surface area contributed by atoms with Crippen molar-refractivity contribution in [3.8, 4) is 0 Å². The number of benzene rings is 2. The number of likely N-dealkylation sites (tertiary alicyclic amines) is 1. The minimum absolute atomic E-state index is 0.101. The molecule has 0 unspecified atom stereocenters. The lowest BCUT2D eigenvalue weighted by atomic mass is 10.1. The van der Waals surface area contributed by atoms with E-state index in [1.807, 2.05) is 30.3 Å². The van der Waals surface area contributed by atoms with Gasteiger partial charge in [-0.05, 0) is 49.9 Å². The Morgan fingerprint density at radius 3 is 2.36 bits per heavy atom. The molecule has 6 N–H and O–H groups in total. The van der Waals surface area contributed by atoms with Gasteiger partial charge in [0.1, 0.15) is 12.0 Å². The highest BCUT2D eigenvalue weighted by atomic mass is 32.1. The molecule has 42 heavy (non-hydrogen) atoms. The number of thiazole rings is 1. The Hall–Kier alpha value is -4.53. The summed E-state index contributed by atoms with van der Waals surface area (Å²) in [5, 5.41) is 12.0. The Kier molecular flexibility index (Phi) is 11.0. The average Bonchev–Trinajstić information content (AvgIpc) is 3.62. The molecule has 2 atom stereocenters. The smallest absolute Gasteiger partial charge is 0.430 e. The van der Waals surface area contributed by atoms with Crippen LogP contribution in [0.3, 0.4) is 0 Å². The molecule has 2 aromatic carbocycles. The van der Waals surface area contributed by atoms with Gasteiger partial charge in [0.25, 0.3) is 5.91 Å². The second-order valence-corrected chi connectivity index (χ2v) is 10.3. The molecule has 4 rings (SSSR count). The number of Topliss-reactive ketones (excluding diaryl/α,β-unsaturated/α-hetero) is 1. The second kappa shape index (κ2) is 14.4. The van der Waals surface area contributed by atoms with Crippen LogP contribution in [0, 0.1) is 0 Å². The number of rotatable bonds is 9. The molecular formula is C27H29F3N6O5S. The van der Waals surface area contributed by atoms with E-state index in [1.165, 1.54) is 11.3 Å². The minimum atomic E-state index is -5.19. The van der Waals surface area contributed by atoms with E-state index < -0.39 is 24.2 Å². The summed E-state index contributed by atoms with van der Waals surface area (Å²) in [6.45, 7) is 0.960. The second-order valence-electron chi connectivity index (χ2n) is 9.24. The Bertz CT molecular complexity index is 1410. The molecule has 2 amide bonds. The zero-order valence-electron chi connectivity index (χ0n) is 22.2. The largest absolute Gasteiger partial charge is 0.542 e. The van der Waals surface area contributed by atoms with Gasteiger partial charge in [0.2, 0.25) is 11.7 Å². The third-order valence-electron chi connectivity index (χ3n) is 6.20.